The second-order valence-corrected chi connectivity index (χ2v) is 9.01. The largest absolute Gasteiger partial charge is 0.325 e. The Labute approximate surface area is 202 Å². The Bertz CT molecular complexity index is 1690. The van der Waals surface area contributed by atoms with Crippen molar-refractivity contribution in [2.24, 2.45) is 0 Å². The Morgan fingerprint density at radius 2 is 1.85 bits per heavy atom. The van der Waals surface area contributed by atoms with E-state index in [0.29, 0.717) is 43.5 Å². The van der Waals surface area contributed by atoms with Gasteiger partial charge in [0.25, 0.3) is 5.56 Å². The van der Waals surface area contributed by atoms with Gasteiger partial charge < -0.3 is 15.3 Å². The Morgan fingerprint density at radius 3 is 2.68 bits per heavy atom. The van der Waals surface area contributed by atoms with Crippen molar-refractivity contribution in [3.8, 4) is 5.69 Å². The third-order valence-corrected chi connectivity index (χ3v) is 6.64. The number of nitrogens with zero attached hydrogens (tertiary/aromatic N) is 2. The number of hydrogen-bond donors (Lipinski definition) is 3. The topological polar surface area (TPSA) is 113 Å². The molecule has 5 aromatic rings. The molecule has 2 aromatic heterocycles. The highest BCUT2D eigenvalue weighted by Gasteiger charge is 2.16. The van der Waals surface area contributed by atoms with Crippen molar-refractivity contribution in [2.45, 2.75) is 12.1 Å². The Balaban J connectivity index is 1.46. The van der Waals surface area contributed by atoms with Gasteiger partial charge in [-0.3, -0.25) is 14.2 Å². The number of aromatic nitrogens is 4. The molecule has 10 heteroatoms. The highest BCUT2D eigenvalue weighted by atomic mass is 35.5. The van der Waals surface area contributed by atoms with Crippen LogP contribution in [0.1, 0.15) is 5.56 Å². The van der Waals surface area contributed by atoms with Crippen LogP contribution in [0.4, 0.5) is 5.69 Å². The molecule has 0 bridgehead atoms. The summed E-state index contributed by atoms with van der Waals surface area (Å²) in [6, 6.07) is 17.5. The second-order valence-electron chi connectivity index (χ2n) is 7.66. The summed E-state index contributed by atoms with van der Waals surface area (Å²) < 4.78 is 1.47. The zero-order chi connectivity index (χ0) is 23.8. The molecule has 170 valence electrons. The lowest BCUT2D eigenvalue weighted by Gasteiger charge is -2.14. The van der Waals surface area contributed by atoms with E-state index in [0.717, 1.165) is 17.3 Å². The summed E-state index contributed by atoms with van der Waals surface area (Å²) in [6.07, 6.45) is 0. The van der Waals surface area contributed by atoms with Crippen LogP contribution in [0.3, 0.4) is 0 Å². The number of carbonyl (C=O) groups is 1. The normalized spacial score (nSPS) is 11.2. The molecule has 0 spiro atoms. The molecule has 2 heterocycles. The number of anilines is 1. The third kappa shape index (κ3) is 4.23. The number of benzene rings is 3. The van der Waals surface area contributed by atoms with Crippen LogP contribution in [0.15, 0.2) is 75.4 Å². The van der Waals surface area contributed by atoms with E-state index < -0.39 is 0 Å². The van der Waals surface area contributed by atoms with Gasteiger partial charge >= 0.3 is 5.69 Å². The first kappa shape index (κ1) is 22.0. The maximum atomic E-state index is 13.3. The van der Waals surface area contributed by atoms with Gasteiger partial charge in [0, 0.05) is 10.7 Å². The number of nitrogens with one attached hydrogen (secondary N) is 3. The Kier molecular flexibility index (Phi) is 5.72. The Morgan fingerprint density at radius 1 is 1.06 bits per heavy atom. The lowest BCUT2D eigenvalue weighted by Crippen LogP contribution is -2.23. The van der Waals surface area contributed by atoms with Crippen molar-refractivity contribution in [1.29, 1.82) is 0 Å². The van der Waals surface area contributed by atoms with Crippen molar-refractivity contribution >= 4 is 56.9 Å². The summed E-state index contributed by atoms with van der Waals surface area (Å²) in [7, 11) is 0. The van der Waals surface area contributed by atoms with Crippen LogP contribution in [0.2, 0.25) is 5.02 Å². The van der Waals surface area contributed by atoms with Crippen molar-refractivity contribution in [3.63, 3.8) is 0 Å². The predicted molar refractivity (Wildman–Crippen MR) is 135 cm³/mol. The van der Waals surface area contributed by atoms with Gasteiger partial charge in [-0.05, 0) is 55.0 Å². The average Bonchev–Trinajstić information content (AvgIpc) is 3.19. The molecule has 0 aliphatic rings. The van der Waals surface area contributed by atoms with Crippen LogP contribution in [0.25, 0.3) is 27.6 Å². The number of H-pyrrole nitrogens is 2. The number of carbonyl (C=O) groups excluding carboxylic acids is 1. The van der Waals surface area contributed by atoms with E-state index in [4.69, 9.17) is 11.6 Å². The van der Waals surface area contributed by atoms with Gasteiger partial charge in [0.2, 0.25) is 5.91 Å². The van der Waals surface area contributed by atoms with Crippen molar-refractivity contribution < 1.29 is 4.79 Å². The predicted octanol–water partition coefficient (Wildman–Crippen LogP) is 4.25. The van der Waals surface area contributed by atoms with Crippen molar-refractivity contribution in [3.05, 3.63) is 92.1 Å². The quantitative estimate of drug-likeness (QED) is 0.251. The molecule has 0 radical (unpaired) electrons. The van der Waals surface area contributed by atoms with Crippen LogP contribution in [-0.2, 0) is 4.79 Å². The van der Waals surface area contributed by atoms with Crippen molar-refractivity contribution in [1.82, 2.24) is 19.5 Å². The highest BCUT2D eigenvalue weighted by molar-refractivity contribution is 7.99. The monoisotopic (exact) mass is 491 g/mol. The highest BCUT2D eigenvalue weighted by Crippen LogP contribution is 2.25. The minimum absolute atomic E-state index is 0.0199. The maximum Gasteiger partial charge on any atom is 0.323 e. The molecule has 0 saturated carbocycles. The molecule has 0 fully saturated rings. The van der Waals surface area contributed by atoms with Gasteiger partial charge in [0.05, 0.1) is 33.4 Å². The molecule has 0 unspecified atom stereocenters. The minimum Gasteiger partial charge on any atom is -0.325 e. The number of fused-ring (bicyclic) bond motifs is 2. The van der Waals surface area contributed by atoms with Crippen LogP contribution in [-0.4, -0.2) is 31.2 Å². The smallest absolute Gasteiger partial charge is 0.323 e. The summed E-state index contributed by atoms with van der Waals surface area (Å²) in [6.45, 7) is 1.88. The molecular weight excluding hydrogens is 474 g/mol. The zero-order valence-electron chi connectivity index (χ0n) is 17.9. The number of amides is 1. The molecule has 5 rings (SSSR count). The number of halogens is 1. The molecule has 34 heavy (non-hydrogen) atoms. The lowest BCUT2D eigenvalue weighted by molar-refractivity contribution is -0.113. The van der Waals surface area contributed by atoms with E-state index in [-0.39, 0.29) is 22.9 Å². The molecule has 0 aliphatic heterocycles. The SMILES string of the molecule is Cc1ccc(-n2c(SCC(=O)Nc3ccc4[nH]c(=O)[nH]c4c3)nc3ccccc3c2=O)cc1Cl. The summed E-state index contributed by atoms with van der Waals surface area (Å²) in [5.41, 5.74) is 3.25. The van der Waals surface area contributed by atoms with E-state index in [2.05, 4.69) is 20.3 Å². The molecule has 8 nitrogen and oxygen atoms in total. The minimum atomic E-state index is -0.314. The van der Waals surface area contributed by atoms with Crippen LogP contribution in [0.5, 0.6) is 0 Å². The Hall–Kier alpha value is -3.82. The van der Waals surface area contributed by atoms with Gasteiger partial charge in [-0.15, -0.1) is 0 Å². The van der Waals surface area contributed by atoms with Crippen LogP contribution < -0.4 is 16.6 Å². The maximum absolute atomic E-state index is 13.3. The van der Waals surface area contributed by atoms with E-state index in [1.807, 2.05) is 19.1 Å². The van der Waals surface area contributed by atoms with Gasteiger partial charge in [-0.25, -0.2) is 9.78 Å². The molecule has 3 aromatic carbocycles. The van der Waals surface area contributed by atoms with E-state index in [9.17, 15) is 14.4 Å². The fourth-order valence-corrected chi connectivity index (χ4v) is 4.58. The van der Waals surface area contributed by atoms with Crippen LogP contribution in [0, 0.1) is 6.92 Å². The standard InChI is InChI=1S/C24H18ClN5O3S/c1-13-6-8-15(11-17(13)25)30-22(32)16-4-2-3-5-18(16)29-24(30)34-12-21(31)26-14-7-9-19-20(10-14)28-23(33)27-19/h2-11H,12H2,1H3,(H,26,31)(H2,27,28,33). The number of hydrogen-bond acceptors (Lipinski definition) is 5. The molecule has 0 saturated heterocycles. The van der Waals surface area contributed by atoms with E-state index in [1.54, 1.807) is 48.5 Å². The van der Waals surface area contributed by atoms with Gasteiger partial charge in [-0.1, -0.05) is 41.6 Å². The summed E-state index contributed by atoms with van der Waals surface area (Å²) >= 11 is 7.47. The summed E-state index contributed by atoms with van der Waals surface area (Å²) in [4.78, 5) is 47.4. The lowest BCUT2D eigenvalue weighted by atomic mass is 10.2. The second kappa shape index (κ2) is 8.85. The average molecular weight is 492 g/mol. The molecular formula is C24H18ClN5O3S. The number of para-hydroxylation sites is 1. The summed E-state index contributed by atoms with van der Waals surface area (Å²) in [5.74, 6) is -0.260. The molecule has 0 aliphatic carbocycles. The number of imidazole rings is 1. The van der Waals surface area contributed by atoms with Gasteiger partial charge in [0.1, 0.15) is 0 Å². The fraction of sp³-hybridized carbons (Fsp3) is 0.0833. The fourth-order valence-electron chi connectivity index (χ4n) is 3.60. The number of thioether (sulfide) groups is 1. The zero-order valence-corrected chi connectivity index (χ0v) is 19.5. The first-order valence-electron chi connectivity index (χ1n) is 10.3. The first-order valence-corrected chi connectivity index (χ1v) is 11.7. The van der Waals surface area contributed by atoms with Crippen molar-refractivity contribution in [2.75, 3.05) is 11.1 Å². The molecule has 1 amide bonds. The third-order valence-electron chi connectivity index (χ3n) is 5.29. The van der Waals surface area contributed by atoms with Gasteiger partial charge in [-0.2, -0.15) is 0 Å². The number of aromatic amines is 2. The molecule has 0 atom stereocenters. The van der Waals surface area contributed by atoms with Crippen LogP contribution >= 0.6 is 23.4 Å². The first-order chi connectivity index (χ1) is 16.4. The molecule has 3 N–H and O–H groups in total. The summed E-state index contributed by atoms with van der Waals surface area (Å²) in [5, 5.41) is 4.19. The number of rotatable bonds is 5. The van der Waals surface area contributed by atoms with Gasteiger partial charge in [0.15, 0.2) is 5.16 Å². The van der Waals surface area contributed by atoms with E-state index in [1.165, 1.54) is 4.57 Å². The van der Waals surface area contributed by atoms with E-state index >= 15 is 0 Å². The number of aryl methyl sites for hydroxylation is 1.